The maximum absolute atomic E-state index is 13.0. The normalized spacial score (nSPS) is 19.6. The lowest BCUT2D eigenvalue weighted by Crippen LogP contribution is -2.40. The molecule has 0 radical (unpaired) electrons. The van der Waals surface area contributed by atoms with Crippen molar-refractivity contribution in [3.05, 3.63) is 65.5 Å². The van der Waals surface area contributed by atoms with Gasteiger partial charge < -0.3 is 10.6 Å². The number of hydrogen-bond acceptors (Lipinski definition) is 3. The van der Waals surface area contributed by atoms with Crippen LogP contribution in [0.3, 0.4) is 0 Å². The van der Waals surface area contributed by atoms with Gasteiger partial charge in [-0.15, -0.1) is 24.0 Å². The monoisotopic (exact) mass is 575 g/mol. The van der Waals surface area contributed by atoms with Gasteiger partial charge in [-0.1, -0.05) is 18.2 Å². The van der Waals surface area contributed by atoms with Crippen molar-refractivity contribution in [1.82, 2.24) is 20.5 Å². The molecule has 2 unspecified atom stereocenters. The fraction of sp³-hybridized carbons (Fsp3) is 0.500. The van der Waals surface area contributed by atoms with Gasteiger partial charge in [-0.05, 0) is 69.1 Å². The first kappa shape index (κ1) is 27.4. The Hall–Kier alpha value is -1.88. The molecule has 9 heteroatoms. The summed E-state index contributed by atoms with van der Waals surface area (Å²) in [6, 6.07) is 11.5. The van der Waals surface area contributed by atoms with Crippen LogP contribution in [-0.4, -0.2) is 49.1 Å². The highest BCUT2D eigenvalue weighted by Gasteiger charge is 2.33. The SMILES string of the molecule is CCNC(=NCC1CCCN(C)C1c1ccc(C(F)(F)F)cc1)NCCc1ccccn1.I. The van der Waals surface area contributed by atoms with Crippen LogP contribution in [-0.2, 0) is 12.6 Å². The number of hydrogen-bond donors (Lipinski definition) is 2. The fourth-order valence-corrected chi connectivity index (χ4v) is 4.25. The number of pyridine rings is 1. The highest BCUT2D eigenvalue weighted by molar-refractivity contribution is 14.0. The Balaban J connectivity index is 0.00000385. The van der Waals surface area contributed by atoms with Crippen molar-refractivity contribution in [3.63, 3.8) is 0 Å². The van der Waals surface area contributed by atoms with Crippen molar-refractivity contribution in [3.8, 4) is 0 Å². The Labute approximate surface area is 211 Å². The summed E-state index contributed by atoms with van der Waals surface area (Å²) in [5.74, 6) is 0.986. The Morgan fingerprint density at radius 2 is 1.91 bits per heavy atom. The van der Waals surface area contributed by atoms with Gasteiger partial charge in [0.15, 0.2) is 5.96 Å². The van der Waals surface area contributed by atoms with E-state index in [0.29, 0.717) is 6.54 Å². The number of guanidine groups is 1. The molecular formula is C24H33F3IN5. The molecule has 1 fully saturated rings. The van der Waals surface area contributed by atoms with Gasteiger partial charge in [-0.25, -0.2) is 0 Å². The number of halogens is 4. The van der Waals surface area contributed by atoms with E-state index in [1.165, 1.54) is 12.1 Å². The lowest BCUT2D eigenvalue weighted by molar-refractivity contribution is -0.137. The predicted molar refractivity (Wildman–Crippen MR) is 137 cm³/mol. The molecule has 0 saturated carbocycles. The van der Waals surface area contributed by atoms with Crippen LogP contribution in [0.25, 0.3) is 0 Å². The molecule has 33 heavy (non-hydrogen) atoms. The molecule has 0 bridgehead atoms. The van der Waals surface area contributed by atoms with Crippen LogP contribution >= 0.6 is 24.0 Å². The quantitative estimate of drug-likeness (QED) is 0.280. The second-order valence-electron chi connectivity index (χ2n) is 8.16. The fourth-order valence-electron chi connectivity index (χ4n) is 4.25. The number of alkyl halides is 3. The van der Waals surface area contributed by atoms with Crippen molar-refractivity contribution in [2.75, 3.05) is 33.2 Å². The van der Waals surface area contributed by atoms with Gasteiger partial charge in [0.1, 0.15) is 0 Å². The molecule has 1 aliphatic rings. The third-order valence-corrected chi connectivity index (χ3v) is 5.81. The molecule has 2 atom stereocenters. The summed E-state index contributed by atoms with van der Waals surface area (Å²) in [5, 5.41) is 6.64. The van der Waals surface area contributed by atoms with E-state index in [1.54, 1.807) is 18.3 Å². The van der Waals surface area contributed by atoms with Gasteiger partial charge in [0.2, 0.25) is 0 Å². The largest absolute Gasteiger partial charge is 0.416 e. The third-order valence-electron chi connectivity index (χ3n) is 5.81. The van der Waals surface area contributed by atoms with Gasteiger partial charge in [0.25, 0.3) is 0 Å². The van der Waals surface area contributed by atoms with E-state index in [1.807, 2.05) is 32.2 Å². The molecule has 1 saturated heterocycles. The molecule has 1 aromatic carbocycles. The van der Waals surface area contributed by atoms with Crippen molar-refractivity contribution < 1.29 is 13.2 Å². The lowest BCUT2D eigenvalue weighted by atomic mass is 9.84. The molecular weight excluding hydrogens is 542 g/mol. The first-order valence-electron chi connectivity index (χ1n) is 11.2. The Morgan fingerprint density at radius 1 is 1.15 bits per heavy atom. The van der Waals surface area contributed by atoms with E-state index in [-0.39, 0.29) is 35.9 Å². The minimum atomic E-state index is -4.32. The number of likely N-dealkylation sites (tertiary alicyclic amines) is 1. The van der Waals surface area contributed by atoms with Crippen LogP contribution in [0.1, 0.15) is 42.6 Å². The zero-order valence-electron chi connectivity index (χ0n) is 19.1. The zero-order chi connectivity index (χ0) is 23.0. The van der Waals surface area contributed by atoms with Gasteiger partial charge in [-0.3, -0.25) is 14.9 Å². The van der Waals surface area contributed by atoms with Crippen molar-refractivity contribution in [1.29, 1.82) is 0 Å². The standard InChI is InChI=1S/C24H32F3N5.HI/c1-3-28-23(30-15-13-21-8-4-5-14-29-21)31-17-19-7-6-16-32(2)22(19)18-9-11-20(12-10-18)24(25,26)27;/h4-5,8-12,14,19,22H,3,6-7,13,15-17H2,1-2H3,(H2,28,30,31);1H. The topological polar surface area (TPSA) is 52.6 Å². The van der Waals surface area contributed by atoms with Crippen molar-refractivity contribution in [2.45, 2.75) is 38.4 Å². The van der Waals surface area contributed by atoms with Crippen LogP contribution in [0, 0.1) is 5.92 Å². The van der Waals surface area contributed by atoms with Gasteiger partial charge in [0, 0.05) is 44.0 Å². The van der Waals surface area contributed by atoms with E-state index in [4.69, 9.17) is 4.99 Å². The molecule has 182 valence electrons. The minimum absolute atomic E-state index is 0. The van der Waals surface area contributed by atoms with Gasteiger partial charge >= 0.3 is 6.18 Å². The zero-order valence-corrected chi connectivity index (χ0v) is 21.4. The summed E-state index contributed by atoms with van der Waals surface area (Å²) in [5.41, 5.74) is 1.32. The molecule has 0 spiro atoms. The van der Waals surface area contributed by atoms with Crippen molar-refractivity contribution >= 4 is 29.9 Å². The summed E-state index contributed by atoms with van der Waals surface area (Å²) in [6.45, 7) is 5.02. The maximum Gasteiger partial charge on any atom is 0.416 e. The molecule has 2 aromatic rings. The van der Waals surface area contributed by atoms with Crippen LogP contribution in [0.2, 0.25) is 0 Å². The Bertz CT molecular complexity index is 859. The molecule has 2 heterocycles. The number of nitrogens with one attached hydrogen (secondary N) is 2. The average molecular weight is 575 g/mol. The summed E-state index contributed by atoms with van der Waals surface area (Å²) >= 11 is 0. The number of nitrogens with zero attached hydrogens (tertiary/aromatic N) is 3. The molecule has 0 amide bonds. The molecule has 5 nitrogen and oxygen atoms in total. The molecule has 1 aromatic heterocycles. The Morgan fingerprint density at radius 3 is 2.55 bits per heavy atom. The van der Waals surface area contributed by atoms with E-state index in [2.05, 4.69) is 20.5 Å². The van der Waals surface area contributed by atoms with Crippen molar-refractivity contribution in [2.24, 2.45) is 10.9 Å². The average Bonchev–Trinajstić information content (AvgIpc) is 2.78. The predicted octanol–water partition coefficient (Wildman–Crippen LogP) is 4.90. The number of aliphatic imine (C=N–C) groups is 1. The van der Waals surface area contributed by atoms with Crippen LogP contribution in [0.15, 0.2) is 53.7 Å². The van der Waals surface area contributed by atoms with Crippen LogP contribution < -0.4 is 10.6 Å². The molecule has 1 aliphatic heterocycles. The second kappa shape index (κ2) is 13.1. The summed E-state index contributed by atoms with van der Waals surface area (Å²) in [4.78, 5) is 11.4. The summed E-state index contributed by atoms with van der Waals surface area (Å²) in [7, 11) is 2.04. The van der Waals surface area contributed by atoms with Crippen LogP contribution in [0.5, 0.6) is 0 Å². The van der Waals surface area contributed by atoms with Gasteiger partial charge in [0.05, 0.1) is 5.56 Å². The second-order valence-corrected chi connectivity index (χ2v) is 8.16. The third kappa shape index (κ3) is 8.13. The summed E-state index contributed by atoms with van der Waals surface area (Å²) in [6.07, 6.45) is 0.313. The molecule has 2 N–H and O–H groups in total. The Kier molecular flexibility index (Phi) is 10.9. The number of rotatable bonds is 7. The molecule has 3 rings (SSSR count). The molecule has 0 aliphatic carbocycles. The van der Waals surface area contributed by atoms with E-state index in [9.17, 15) is 13.2 Å². The highest BCUT2D eigenvalue weighted by Crippen LogP contribution is 2.37. The van der Waals surface area contributed by atoms with Gasteiger partial charge in [-0.2, -0.15) is 13.2 Å². The van der Waals surface area contributed by atoms with Crippen LogP contribution in [0.4, 0.5) is 13.2 Å². The number of aromatic nitrogens is 1. The summed E-state index contributed by atoms with van der Waals surface area (Å²) < 4.78 is 38.9. The maximum atomic E-state index is 13.0. The smallest absolute Gasteiger partial charge is 0.357 e. The number of piperidine rings is 1. The highest BCUT2D eigenvalue weighted by atomic mass is 127. The van der Waals surface area contributed by atoms with E-state index < -0.39 is 11.7 Å². The number of benzene rings is 1. The van der Waals surface area contributed by atoms with E-state index in [0.717, 1.165) is 56.1 Å². The first-order valence-corrected chi connectivity index (χ1v) is 11.2. The minimum Gasteiger partial charge on any atom is -0.357 e. The van der Waals surface area contributed by atoms with E-state index >= 15 is 0 Å². The first-order chi connectivity index (χ1) is 15.4. The lowest BCUT2D eigenvalue weighted by Gasteiger charge is -2.39.